The van der Waals surface area contributed by atoms with Crippen LogP contribution >= 0.6 is 0 Å². The molecule has 0 amide bonds. The van der Waals surface area contributed by atoms with Crippen LogP contribution in [-0.4, -0.2) is 0 Å². The van der Waals surface area contributed by atoms with E-state index in [2.05, 4.69) is 33.4 Å². The first-order chi connectivity index (χ1) is 5.24. The normalized spacial score (nSPS) is 11.5. The van der Waals surface area contributed by atoms with Crippen LogP contribution < -0.4 is 0 Å². The van der Waals surface area contributed by atoms with Gasteiger partial charge in [-0.15, -0.1) is 6.58 Å². The first-order valence-electron chi connectivity index (χ1n) is 4.85. The molecule has 0 aromatic carbocycles. The lowest BCUT2D eigenvalue weighted by Crippen LogP contribution is -2.17. The quantitative estimate of drug-likeness (QED) is 0.504. The summed E-state index contributed by atoms with van der Waals surface area (Å²) in [6.45, 7) is 10.7. The van der Waals surface area contributed by atoms with Crippen molar-refractivity contribution < 1.29 is 0 Å². The van der Waals surface area contributed by atoms with Gasteiger partial charge >= 0.3 is 0 Å². The molecule has 0 aliphatic rings. The molecule has 0 N–H and O–H groups in total. The molecule has 0 heterocycles. The second kappa shape index (κ2) is 5.40. The van der Waals surface area contributed by atoms with Crippen LogP contribution in [0.1, 0.15) is 52.9 Å². The molecule has 66 valence electrons. The molecule has 0 heteroatoms. The van der Waals surface area contributed by atoms with Gasteiger partial charge in [0.2, 0.25) is 0 Å². The Morgan fingerprint density at radius 1 is 1.18 bits per heavy atom. The predicted molar refractivity (Wildman–Crippen MR) is 52.7 cm³/mol. The molecule has 0 aromatic rings. The maximum absolute atomic E-state index is 3.82. The summed E-state index contributed by atoms with van der Waals surface area (Å²) in [6.07, 6.45) is 8.50. The van der Waals surface area contributed by atoms with Crippen LogP contribution in [-0.2, 0) is 0 Å². The summed E-state index contributed by atoms with van der Waals surface area (Å²) in [4.78, 5) is 0. The summed E-state index contributed by atoms with van der Waals surface area (Å²) in [6, 6.07) is 0. The van der Waals surface area contributed by atoms with Crippen molar-refractivity contribution in [2.24, 2.45) is 5.41 Å². The highest BCUT2D eigenvalue weighted by Gasteiger charge is 2.22. The Balaban J connectivity index is 4.06. The lowest BCUT2D eigenvalue weighted by Gasteiger charge is -2.30. The highest BCUT2D eigenvalue weighted by Crippen LogP contribution is 2.35. The Hall–Kier alpha value is -0.260. The third kappa shape index (κ3) is 3.09. The number of allylic oxidation sites excluding steroid dienone is 1. The molecule has 0 fully saturated rings. The largest absolute Gasteiger partial charge is 0.103 e. The molecule has 0 aromatic heterocycles. The average molecular weight is 154 g/mol. The van der Waals surface area contributed by atoms with Crippen LogP contribution in [0.25, 0.3) is 0 Å². The fourth-order valence-corrected chi connectivity index (χ4v) is 1.83. The number of hydrogen-bond donors (Lipinski definition) is 0. The molecule has 0 saturated heterocycles. The van der Waals surface area contributed by atoms with Crippen molar-refractivity contribution in [3.05, 3.63) is 12.7 Å². The minimum Gasteiger partial charge on any atom is -0.103 e. The minimum absolute atomic E-state index is 0.566. The molecule has 0 bridgehead atoms. The van der Waals surface area contributed by atoms with Gasteiger partial charge in [0.1, 0.15) is 0 Å². The SMILES string of the molecule is C=CCC(CC)(CC)CCC. The van der Waals surface area contributed by atoms with E-state index >= 15 is 0 Å². The highest BCUT2D eigenvalue weighted by molar-refractivity contribution is 4.84. The Labute approximate surface area is 71.7 Å². The van der Waals surface area contributed by atoms with E-state index in [0.717, 1.165) is 0 Å². The highest BCUT2D eigenvalue weighted by atomic mass is 14.3. The van der Waals surface area contributed by atoms with Gasteiger partial charge in [0.05, 0.1) is 0 Å². The van der Waals surface area contributed by atoms with E-state index in [0.29, 0.717) is 5.41 Å². The average Bonchev–Trinajstić information content (AvgIpc) is 2.04. The molecule has 0 atom stereocenters. The molecule has 0 spiro atoms. The first kappa shape index (κ1) is 10.7. The molecule has 0 aliphatic heterocycles. The predicted octanol–water partition coefficient (Wildman–Crippen LogP) is 4.17. The van der Waals surface area contributed by atoms with E-state index in [9.17, 15) is 0 Å². The zero-order valence-corrected chi connectivity index (χ0v) is 8.32. The van der Waals surface area contributed by atoms with Crippen LogP contribution in [0, 0.1) is 5.41 Å². The van der Waals surface area contributed by atoms with E-state index < -0.39 is 0 Å². The van der Waals surface area contributed by atoms with Crippen molar-refractivity contribution in [2.75, 3.05) is 0 Å². The molecule has 0 unspecified atom stereocenters. The third-order valence-electron chi connectivity index (χ3n) is 2.86. The number of hydrogen-bond acceptors (Lipinski definition) is 0. The van der Waals surface area contributed by atoms with Gasteiger partial charge in [0, 0.05) is 0 Å². The summed E-state index contributed by atoms with van der Waals surface area (Å²) in [5, 5.41) is 0. The molecular weight excluding hydrogens is 132 g/mol. The topological polar surface area (TPSA) is 0 Å². The third-order valence-corrected chi connectivity index (χ3v) is 2.86. The van der Waals surface area contributed by atoms with Crippen LogP contribution in [0.3, 0.4) is 0 Å². The molecule has 0 saturated carbocycles. The summed E-state index contributed by atoms with van der Waals surface area (Å²) in [5.74, 6) is 0. The van der Waals surface area contributed by atoms with Gasteiger partial charge in [-0.1, -0.05) is 46.1 Å². The molecule has 0 nitrogen and oxygen atoms in total. The van der Waals surface area contributed by atoms with Crippen molar-refractivity contribution in [3.8, 4) is 0 Å². The maximum Gasteiger partial charge on any atom is -0.0268 e. The van der Waals surface area contributed by atoms with E-state index in [1.807, 2.05) is 0 Å². The molecule has 0 rings (SSSR count). The molecule has 0 radical (unpaired) electrons. The summed E-state index contributed by atoms with van der Waals surface area (Å²) in [7, 11) is 0. The van der Waals surface area contributed by atoms with Crippen molar-refractivity contribution in [1.82, 2.24) is 0 Å². The van der Waals surface area contributed by atoms with E-state index in [1.54, 1.807) is 0 Å². The van der Waals surface area contributed by atoms with Crippen LogP contribution in [0.2, 0.25) is 0 Å². The monoisotopic (exact) mass is 154 g/mol. The summed E-state index contributed by atoms with van der Waals surface area (Å²) >= 11 is 0. The second-order valence-corrected chi connectivity index (χ2v) is 3.45. The summed E-state index contributed by atoms with van der Waals surface area (Å²) in [5.41, 5.74) is 0.566. The van der Waals surface area contributed by atoms with Crippen molar-refractivity contribution in [2.45, 2.75) is 52.9 Å². The van der Waals surface area contributed by atoms with Crippen LogP contribution in [0.5, 0.6) is 0 Å². The Bertz CT molecular complexity index is 98.6. The first-order valence-corrected chi connectivity index (χ1v) is 4.85. The number of rotatable bonds is 6. The lowest BCUT2D eigenvalue weighted by molar-refractivity contribution is 0.240. The van der Waals surface area contributed by atoms with Gasteiger partial charge in [-0.2, -0.15) is 0 Å². The minimum atomic E-state index is 0.566. The fourth-order valence-electron chi connectivity index (χ4n) is 1.83. The van der Waals surface area contributed by atoms with Crippen LogP contribution in [0.4, 0.5) is 0 Å². The maximum atomic E-state index is 3.82. The van der Waals surface area contributed by atoms with Gasteiger partial charge < -0.3 is 0 Å². The summed E-state index contributed by atoms with van der Waals surface area (Å²) < 4.78 is 0. The second-order valence-electron chi connectivity index (χ2n) is 3.45. The van der Waals surface area contributed by atoms with Gasteiger partial charge in [-0.25, -0.2) is 0 Å². The zero-order chi connectivity index (χ0) is 8.74. The standard InChI is InChI=1S/C11H22/c1-5-9-11(7-3,8-4)10-6-2/h5H,1,6-10H2,2-4H3. The van der Waals surface area contributed by atoms with E-state index in [-0.39, 0.29) is 0 Å². The van der Waals surface area contributed by atoms with Crippen molar-refractivity contribution in [1.29, 1.82) is 0 Å². The van der Waals surface area contributed by atoms with E-state index in [4.69, 9.17) is 0 Å². The lowest BCUT2D eigenvalue weighted by atomic mass is 9.76. The Morgan fingerprint density at radius 3 is 2.00 bits per heavy atom. The molecule has 11 heavy (non-hydrogen) atoms. The van der Waals surface area contributed by atoms with Gasteiger partial charge in [-0.3, -0.25) is 0 Å². The molecule has 0 aliphatic carbocycles. The Morgan fingerprint density at radius 2 is 1.73 bits per heavy atom. The van der Waals surface area contributed by atoms with Gasteiger partial charge in [-0.05, 0) is 18.3 Å². The zero-order valence-electron chi connectivity index (χ0n) is 8.32. The Kier molecular flexibility index (Phi) is 5.27. The van der Waals surface area contributed by atoms with Crippen LogP contribution in [0.15, 0.2) is 12.7 Å². The smallest absolute Gasteiger partial charge is 0.0268 e. The van der Waals surface area contributed by atoms with Crippen molar-refractivity contribution in [3.63, 3.8) is 0 Å². The van der Waals surface area contributed by atoms with Gasteiger partial charge in [0.15, 0.2) is 0 Å². The van der Waals surface area contributed by atoms with E-state index in [1.165, 1.54) is 32.1 Å². The molecular formula is C11H22. The fraction of sp³-hybridized carbons (Fsp3) is 0.818. The van der Waals surface area contributed by atoms with Crippen molar-refractivity contribution >= 4 is 0 Å². The van der Waals surface area contributed by atoms with Gasteiger partial charge in [0.25, 0.3) is 0 Å².